The lowest BCUT2D eigenvalue weighted by Crippen LogP contribution is -2.23. The van der Waals surface area contributed by atoms with E-state index in [2.05, 4.69) is 58.8 Å². The summed E-state index contributed by atoms with van der Waals surface area (Å²) in [5, 5.41) is 5.92. The second kappa shape index (κ2) is 9.11. The van der Waals surface area contributed by atoms with Crippen molar-refractivity contribution in [3.05, 3.63) is 93.9 Å². The van der Waals surface area contributed by atoms with Crippen molar-refractivity contribution in [1.29, 1.82) is 0 Å². The first-order valence-electron chi connectivity index (χ1n) is 8.70. The van der Waals surface area contributed by atoms with E-state index in [1.807, 2.05) is 24.4 Å². The van der Waals surface area contributed by atoms with Gasteiger partial charge in [0, 0.05) is 23.9 Å². The molecule has 132 valence electrons. The Hall–Kier alpha value is -2.72. The van der Waals surface area contributed by atoms with Crippen molar-refractivity contribution in [1.82, 2.24) is 10.3 Å². The van der Waals surface area contributed by atoms with Gasteiger partial charge in [-0.1, -0.05) is 60.7 Å². The summed E-state index contributed by atoms with van der Waals surface area (Å²) in [5.41, 5.74) is 3.36. The highest BCUT2D eigenvalue weighted by Gasteiger charge is 2.13. The average molecular weight is 362 g/mol. The lowest BCUT2D eigenvalue weighted by Gasteiger charge is -2.18. The van der Waals surface area contributed by atoms with E-state index in [0.29, 0.717) is 6.54 Å². The first-order valence-corrected chi connectivity index (χ1v) is 9.58. The van der Waals surface area contributed by atoms with Crippen LogP contribution in [-0.2, 0) is 4.79 Å². The molecule has 0 aliphatic carbocycles. The third kappa shape index (κ3) is 5.14. The molecule has 0 bridgehead atoms. The SMILES string of the molecule is Cc1nc(/C=C/C(=O)NCCC(c2ccccc2)c2ccccc2)cs1. The molecule has 2 aromatic carbocycles. The summed E-state index contributed by atoms with van der Waals surface area (Å²) in [6.45, 7) is 2.57. The maximum atomic E-state index is 12.1. The number of carbonyl (C=O) groups excluding carboxylic acids is 1. The van der Waals surface area contributed by atoms with Crippen molar-refractivity contribution in [2.24, 2.45) is 0 Å². The van der Waals surface area contributed by atoms with Gasteiger partial charge in [0.15, 0.2) is 0 Å². The number of aryl methyl sites for hydroxylation is 1. The standard InChI is InChI=1S/C22H22N2OS/c1-17-24-20(16-26-17)12-13-22(25)23-15-14-21(18-8-4-2-5-9-18)19-10-6-3-7-11-19/h2-13,16,21H,14-15H2,1H3,(H,23,25)/b13-12+. The van der Waals surface area contributed by atoms with Crippen LogP contribution in [0.3, 0.4) is 0 Å². The number of nitrogens with one attached hydrogen (secondary N) is 1. The Morgan fingerprint density at radius 3 is 2.23 bits per heavy atom. The molecule has 0 atom stereocenters. The van der Waals surface area contributed by atoms with Crippen molar-refractivity contribution in [3.8, 4) is 0 Å². The van der Waals surface area contributed by atoms with Crippen molar-refractivity contribution in [2.75, 3.05) is 6.54 Å². The summed E-state index contributed by atoms with van der Waals surface area (Å²) in [7, 11) is 0. The van der Waals surface area contributed by atoms with Crippen LogP contribution in [0.15, 0.2) is 72.1 Å². The van der Waals surface area contributed by atoms with E-state index < -0.39 is 0 Å². The molecule has 0 unspecified atom stereocenters. The molecule has 1 amide bonds. The van der Waals surface area contributed by atoms with E-state index in [-0.39, 0.29) is 11.8 Å². The van der Waals surface area contributed by atoms with E-state index in [0.717, 1.165) is 17.1 Å². The third-order valence-corrected chi connectivity index (χ3v) is 4.97. The van der Waals surface area contributed by atoms with Crippen molar-refractivity contribution in [3.63, 3.8) is 0 Å². The van der Waals surface area contributed by atoms with E-state index in [1.54, 1.807) is 23.5 Å². The molecular formula is C22H22N2OS. The largest absolute Gasteiger partial charge is 0.353 e. The number of rotatable bonds is 7. The molecule has 1 aromatic heterocycles. The minimum atomic E-state index is -0.0875. The summed E-state index contributed by atoms with van der Waals surface area (Å²) < 4.78 is 0. The monoisotopic (exact) mass is 362 g/mol. The lowest BCUT2D eigenvalue weighted by atomic mass is 9.88. The normalized spacial score (nSPS) is 11.2. The van der Waals surface area contributed by atoms with Crippen molar-refractivity contribution in [2.45, 2.75) is 19.3 Å². The summed E-state index contributed by atoms with van der Waals surface area (Å²) >= 11 is 1.58. The minimum absolute atomic E-state index is 0.0875. The van der Waals surface area contributed by atoms with Crippen LogP contribution >= 0.6 is 11.3 Å². The van der Waals surface area contributed by atoms with Crippen LogP contribution in [-0.4, -0.2) is 17.4 Å². The van der Waals surface area contributed by atoms with Crippen LogP contribution in [0.5, 0.6) is 0 Å². The van der Waals surface area contributed by atoms with E-state index in [4.69, 9.17) is 0 Å². The Balaban J connectivity index is 1.60. The fourth-order valence-electron chi connectivity index (χ4n) is 2.91. The zero-order valence-electron chi connectivity index (χ0n) is 14.8. The Morgan fingerprint density at radius 2 is 1.69 bits per heavy atom. The Labute approximate surface area is 158 Å². The van der Waals surface area contributed by atoms with Gasteiger partial charge >= 0.3 is 0 Å². The molecule has 3 aromatic rings. The summed E-state index contributed by atoms with van der Waals surface area (Å²) in [6, 6.07) is 20.9. The molecule has 1 heterocycles. The van der Waals surface area contributed by atoms with E-state index in [9.17, 15) is 4.79 Å². The molecular weight excluding hydrogens is 340 g/mol. The molecule has 0 radical (unpaired) electrons. The Morgan fingerprint density at radius 1 is 1.08 bits per heavy atom. The number of aromatic nitrogens is 1. The molecule has 0 saturated carbocycles. The summed E-state index contributed by atoms with van der Waals surface area (Å²) in [5.74, 6) is 0.179. The van der Waals surface area contributed by atoms with Crippen LogP contribution in [0.25, 0.3) is 6.08 Å². The van der Waals surface area contributed by atoms with Crippen molar-refractivity contribution >= 4 is 23.3 Å². The zero-order chi connectivity index (χ0) is 18.2. The molecule has 0 spiro atoms. The van der Waals surface area contributed by atoms with Gasteiger partial charge in [0.2, 0.25) is 5.91 Å². The zero-order valence-corrected chi connectivity index (χ0v) is 15.6. The highest BCUT2D eigenvalue weighted by molar-refractivity contribution is 7.09. The van der Waals surface area contributed by atoms with Gasteiger partial charge in [-0.3, -0.25) is 4.79 Å². The molecule has 0 saturated heterocycles. The first-order chi connectivity index (χ1) is 12.7. The van der Waals surface area contributed by atoms with Gasteiger partial charge in [-0.05, 0) is 30.5 Å². The molecule has 26 heavy (non-hydrogen) atoms. The maximum Gasteiger partial charge on any atom is 0.244 e. The highest BCUT2D eigenvalue weighted by Crippen LogP contribution is 2.27. The fraction of sp³-hybridized carbons (Fsp3) is 0.182. The number of nitrogens with zero attached hydrogens (tertiary/aromatic N) is 1. The Bertz CT molecular complexity index is 817. The quantitative estimate of drug-likeness (QED) is 0.613. The number of carbonyl (C=O) groups is 1. The van der Waals surface area contributed by atoms with Gasteiger partial charge in [-0.2, -0.15) is 0 Å². The summed E-state index contributed by atoms with van der Waals surface area (Å²) in [4.78, 5) is 16.4. The van der Waals surface area contributed by atoms with Crippen LogP contribution < -0.4 is 5.32 Å². The number of benzene rings is 2. The minimum Gasteiger partial charge on any atom is -0.353 e. The number of hydrogen-bond donors (Lipinski definition) is 1. The van der Waals surface area contributed by atoms with Crippen LogP contribution in [0.4, 0.5) is 0 Å². The highest BCUT2D eigenvalue weighted by atomic mass is 32.1. The van der Waals surface area contributed by atoms with Crippen molar-refractivity contribution < 1.29 is 4.79 Å². The van der Waals surface area contributed by atoms with E-state index >= 15 is 0 Å². The number of thiazole rings is 1. The van der Waals surface area contributed by atoms with Gasteiger partial charge in [-0.15, -0.1) is 11.3 Å². The Kier molecular flexibility index (Phi) is 6.34. The molecule has 0 fully saturated rings. The molecule has 1 N–H and O–H groups in total. The first kappa shape index (κ1) is 18.1. The van der Waals surface area contributed by atoms with Gasteiger partial charge in [0.05, 0.1) is 10.7 Å². The van der Waals surface area contributed by atoms with Gasteiger partial charge in [0.1, 0.15) is 0 Å². The average Bonchev–Trinajstić information content (AvgIpc) is 3.10. The summed E-state index contributed by atoms with van der Waals surface area (Å²) in [6.07, 6.45) is 4.16. The lowest BCUT2D eigenvalue weighted by molar-refractivity contribution is -0.116. The fourth-order valence-corrected chi connectivity index (χ4v) is 3.49. The van der Waals surface area contributed by atoms with Gasteiger partial charge < -0.3 is 5.32 Å². The maximum absolute atomic E-state index is 12.1. The molecule has 0 aliphatic rings. The van der Waals surface area contributed by atoms with Gasteiger partial charge in [-0.25, -0.2) is 4.98 Å². The number of amides is 1. The topological polar surface area (TPSA) is 42.0 Å². The molecule has 3 rings (SSSR count). The predicted octanol–water partition coefficient (Wildman–Crippen LogP) is 4.80. The van der Waals surface area contributed by atoms with Crippen LogP contribution in [0.1, 0.15) is 34.2 Å². The van der Waals surface area contributed by atoms with E-state index in [1.165, 1.54) is 11.1 Å². The molecule has 3 nitrogen and oxygen atoms in total. The third-order valence-electron chi connectivity index (χ3n) is 4.18. The molecule has 0 aliphatic heterocycles. The number of hydrogen-bond acceptors (Lipinski definition) is 3. The molecule has 4 heteroatoms. The second-order valence-electron chi connectivity index (χ2n) is 6.08. The van der Waals surface area contributed by atoms with Crippen LogP contribution in [0.2, 0.25) is 0 Å². The second-order valence-corrected chi connectivity index (χ2v) is 7.14. The smallest absolute Gasteiger partial charge is 0.244 e. The predicted molar refractivity (Wildman–Crippen MR) is 108 cm³/mol. The van der Waals surface area contributed by atoms with Crippen LogP contribution in [0, 0.1) is 6.92 Å². The van der Waals surface area contributed by atoms with Gasteiger partial charge in [0.25, 0.3) is 0 Å².